The SMILES string of the molecule is CC.CC.CCN(C)c1ccccc1N(CCOCCN(CC(=O)OC)c1ccccc1C)CC(=O)OC. The number of rotatable bonds is 14. The molecule has 0 fully saturated rings. The lowest BCUT2D eigenvalue weighted by atomic mass is 10.2. The third-order valence-corrected chi connectivity index (χ3v) is 5.67. The first-order valence-electron chi connectivity index (χ1n) is 13.5. The van der Waals surface area contributed by atoms with Crippen molar-refractivity contribution in [3.63, 3.8) is 0 Å². The lowest BCUT2D eigenvalue weighted by Gasteiger charge is -2.29. The molecule has 0 N–H and O–H groups in total. The first-order chi connectivity index (χ1) is 18.4. The molecule has 0 unspecified atom stereocenters. The van der Waals surface area contributed by atoms with Gasteiger partial charge in [-0.25, -0.2) is 0 Å². The van der Waals surface area contributed by atoms with Gasteiger partial charge in [0.1, 0.15) is 13.1 Å². The maximum absolute atomic E-state index is 12.1. The molecule has 0 saturated heterocycles. The van der Waals surface area contributed by atoms with Gasteiger partial charge in [-0.1, -0.05) is 58.0 Å². The van der Waals surface area contributed by atoms with Crippen LogP contribution in [0, 0.1) is 6.92 Å². The lowest BCUT2D eigenvalue weighted by molar-refractivity contribution is -0.139. The Kier molecular flexibility index (Phi) is 19.0. The van der Waals surface area contributed by atoms with E-state index in [9.17, 15) is 9.59 Å². The van der Waals surface area contributed by atoms with Gasteiger partial charge in [0.2, 0.25) is 0 Å². The van der Waals surface area contributed by atoms with Gasteiger partial charge < -0.3 is 28.9 Å². The number of aryl methyl sites for hydroxylation is 1. The highest BCUT2D eigenvalue weighted by Gasteiger charge is 2.17. The molecule has 0 aliphatic rings. The molecule has 0 atom stereocenters. The van der Waals surface area contributed by atoms with Gasteiger partial charge in [0.05, 0.1) is 38.8 Å². The highest BCUT2D eigenvalue weighted by atomic mass is 16.5. The molecule has 2 aromatic carbocycles. The van der Waals surface area contributed by atoms with Crippen LogP contribution in [0.15, 0.2) is 48.5 Å². The van der Waals surface area contributed by atoms with Crippen LogP contribution in [0.25, 0.3) is 0 Å². The van der Waals surface area contributed by atoms with Crippen molar-refractivity contribution < 1.29 is 23.8 Å². The summed E-state index contributed by atoms with van der Waals surface area (Å²) in [5.41, 5.74) is 4.04. The van der Waals surface area contributed by atoms with Gasteiger partial charge in [0.15, 0.2) is 0 Å². The van der Waals surface area contributed by atoms with E-state index in [-0.39, 0.29) is 25.0 Å². The standard InChI is InChI=1S/C26H37N3O5.2C2H6/c1-6-27(3)23-13-9-10-14-24(23)29(20-26(31)33-5)16-18-34-17-15-28(19-25(30)32-4)22-12-8-7-11-21(22)2;2*1-2/h7-14H,6,15-20H2,1-5H3;2*1-2H3. The van der Waals surface area contributed by atoms with Crippen LogP contribution in [0.4, 0.5) is 17.1 Å². The Morgan fingerprint density at radius 2 is 1.13 bits per heavy atom. The minimum Gasteiger partial charge on any atom is -0.468 e. The quantitative estimate of drug-likeness (QED) is 0.244. The Morgan fingerprint density at radius 3 is 1.58 bits per heavy atom. The predicted molar refractivity (Wildman–Crippen MR) is 159 cm³/mol. The van der Waals surface area contributed by atoms with Crippen molar-refractivity contribution in [3.05, 3.63) is 54.1 Å². The van der Waals surface area contributed by atoms with Crippen molar-refractivity contribution in [2.24, 2.45) is 0 Å². The van der Waals surface area contributed by atoms with Gasteiger partial charge >= 0.3 is 11.9 Å². The summed E-state index contributed by atoms with van der Waals surface area (Å²) in [7, 11) is 4.80. The van der Waals surface area contributed by atoms with E-state index in [0.29, 0.717) is 26.3 Å². The third-order valence-electron chi connectivity index (χ3n) is 5.67. The highest BCUT2D eigenvalue weighted by molar-refractivity contribution is 5.80. The average molecular weight is 532 g/mol. The van der Waals surface area contributed by atoms with Crippen LogP contribution < -0.4 is 14.7 Å². The summed E-state index contributed by atoms with van der Waals surface area (Å²) < 4.78 is 15.7. The molecule has 0 spiro atoms. The van der Waals surface area contributed by atoms with Crippen molar-refractivity contribution in [1.82, 2.24) is 0 Å². The number of carbonyl (C=O) groups excluding carboxylic acids is 2. The second kappa shape index (κ2) is 20.8. The largest absolute Gasteiger partial charge is 0.468 e. The molecule has 38 heavy (non-hydrogen) atoms. The lowest BCUT2D eigenvalue weighted by Crippen LogP contribution is -2.36. The minimum atomic E-state index is -0.308. The normalized spacial score (nSPS) is 9.71. The summed E-state index contributed by atoms with van der Waals surface area (Å²) in [6.45, 7) is 15.1. The predicted octanol–water partition coefficient (Wildman–Crippen LogP) is 5.18. The molecule has 0 aromatic heterocycles. The van der Waals surface area contributed by atoms with Gasteiger partial charge in [0.25, 0.3) is 0 Å². The average Bonchev–Trinajstić information content (AvgIpc) is 2.97. The van der Waals surface area contributed by atoms with Gasteiger partial charge in [-0.05, 0) is 37.6 Å². The summed E-state index contributed by atoms with van der Waals surface area (Å²) in [5, 5.41) is 0. The highest BCUT2D eigenvalue weighted by Crippen LogP contribution is 2.28. The van der Waals surface area contributed by atoms with Crippen LogP contribution in [0.5, 0.6) is 0 Å². The van der Waals surface area contributed by atoms with Gasteiger partial charge in [-0.15, -0.1) is 0 Å². The number of anilines is 3. The molecule has 214 valence electrons. The molecule has 0 aliphatic carbocycles. The topological polar surface area (TPSA) is 71.5 Å². The number of para-hydroxylation sites is 3. The fourth-order valence-electron chi connectivity index (χ4n) is 3.60. The smallest absolute Gasteiger partial charge is 0.325 e. The molecular formula is C30H49N3O5. The van der Waals surface area contributed by atoms with E-state index in [1.54, 1.807) is 0 Å². The number of benzene rings is 2. The zero-order valence-corrected chi connectivity index (χ0v) is 25.0. The van der Waals surface area contributed by atoms with E-state index < -0.39 is 0 Å². The molecule has 0 aliphatic heterocycles. The molecule has 8 nitrogen and oxygen atoms in total. The summed E-state index contributed by atoms with van der Waals surface area (Å²) >= 11 is 0. The Labute approximate surface area is 230 Å². The van der Waals surface area contributed by atoms with Crippen molar-refractivity contribution in [2.45, 2.75) is 41.5 Å². The van der Waals surface area contributed by atoms with E-state index in [1.165, 1.54) is 14.2 Å². The van der Waals surface area contributed by atoms with Gasteiger partial charge in [-0.3, -0.25) is 9.59 Å². The van der Waals surface area contributed by atoms with Crippen molar-refractivity contribution in [2.75, 3.05) is 81.9 Å². The van der Waals surface area contributed by atoms with Crippen LogP contribution in [0.3, 0.4) is 0 Å². The van der Waals surface area contributed by atoms with Crippen molar-refractivity contribution >= 4 is 29.0 Å². The Morgan fingerprint density at radius 1 is 0.711 bits per heavy atom. The van der Waals surface area contributed by atoms with Crippen LogP contribution in [-0.4, -0.2) is 79.1 Å². The third kappa shape index (κ3) is 11.9. The number of methoxy groups -OCH3 is 2. The van der Waals surface area contributed by atoms with E-state index in [1.807, 2.05) is 100.0 Å². The number of carbonyl (C=O) groups is 2. The number of nitrogens with zero attached hydrogens (tertiary/aromatic N) is 3. The molecule has 0 bridgehead atoms. The maximum Gasteiger partial charge on any atom is 0.325 e. The summed E-state index contributed by atoms with van der Waals surface area (Å²) in [4.78, 5) is 30.1. The van der Waals surface area contributed by atoms with Crippen molar-refractivity contribution in [3.8, 4) is 0 Å². The van der Waals surface area contributed by atoms with Gasteiger partial charge in [-0.2, -0.15) is 0 Å². The Hall–Kier alpha value is -3.26. The maximum atomic E-state index is 12.1. The molecule has 0 heterocycles. The number of hydrogen-bond acceptors (Lipinski definition) is 8. The molecule has 0 amide bonds. The molecule has 8 heteroatoms. The van der Waals surface area contributed by atoms with Gasteiger partial charge in [0, 0.05) is 32.4 Å². The summed E-state index contributed by atoms with van der Waals surface area (Å²) in [6.07, 6.45) is 0. The van der Waals surface area contributed by atoms with Crippen molar-refractivity contribution in [1.29, 1.82) is 0 Å². The first kappa shape index (κ1) is 34.7. The fourth-order valence-corrected chi connectivity index (χ4v) is 3.60. The zero-order valence-electron chi connectivity index (χ0n) is 25.0. The van der Waals surface area contributed by atoms with Crippen LogP contribution in [0.2, 0.25) is 0 Å². The number of hydrogen-bond donors (Lipinski definition) is 0. The van der Waals surface area contributed by atoms with E-state index in [2.05, 4.69) is 11.8 Å². The zero-order chi connectivity index (χ0) is 28.9. The van der Waals surface area contributed by atoms with Crippen LogP contribution in [0.1, 0.15) is 40.2 Å². The Balaban J connectivity index is 0.00000326. The number of esters is 2. The van der Waals surface area contributed by atoms with Crippen LogP contribution >= 0.6 is 0 Å². The molecule has 0 saturated carbocycles. The molecule has 2 rings (SSSR count). The Bertz CT molecular complexity index is 922. The fraction of sp³-hybridized carbons (Fsp3) is 0.533. The van der Waals surface area contributed by atoms with E-state index in [4.69, 9.17) is 14.2 Å². The molecule has 2 aromatic rings. The van der Waals surface area contributed by atoms with E-state index >= 15 is 0 Å². The molecular weight excluding hydrogens is 482 g/mol. The number of ether oxygens (including phenoxy) is 3. The minimum absolute atomic E-state index is 0.131. The second-order valence-corrected chi connectivity index (χ2v) is 7.90. The van der Waals surface area contributed by atoms with E-state index in [0.717, 1.165) is 29.2 Å². The summed E-state index contributed by atoms with van der Waals surface area (Å²) in [5.74, 6) is -0.609. The summed E-state index contributed by atoms with van der Waals surface area (Å²) in [6, 6.07) is 15.9. The monoisotopic (exact) mass is 531 g/mol. The molecule has 0 radical (unpaired) electrons. The first-order valence-corrected chi connectivity index (χ1v) is 13.5. The van der Waals surface area contributed by atoms with Crippen LogP contribution in [-0.2, 0) is 23.8 Å². The second-order valence-electron chi connectivity index (χ2n) is 7.90.